The number of carboxylic acids is 1. The first kappa shape index (κ1) is 17.4. The minimum absolute atomic E-state index is 0.0326. The van der Waals surface area contributed by atoms with Gasteiger partial charge in [-0.15, -0.1) is 0 Å². The summed E-state index contributed by atoms with van der Waals surface area (Å²) in [7, 11) is 0. The van der Waals surface area contributed by atoms with Crippen molar-refractivity contribution in [3.05, 3.63) is 35.8 Å². The Hall–Kier alpha value is -2.41. The number of nitrogens with zero attached hydrogens (tertiary/aromatic N) is 1. The zero-order valence-electron chi connectivity index (χ0n) is 13.8. The minimum atomic E-state index is -0.937. The van der Waals surface area contributed by atoms with Crippen LogP contribution >= 0.6 is 0 Å². The summed E-state index contributed by atoms with van der Waals surface area (Å²) in [6.07, 6.45) is 3.54. The molecule has 0 unspecified atom stereocenters. The standard InChI is InChI=1S/C18H21FN2O4/c19-13-3-4-15-12(10-20-16(15)9-13)8-17(22)21(6-5-18(23)24)11-14-2-1-7-25-14/h3-4,9-10,14,20H,1-2,5-8,11H2,(H,23,24)/t14-/m1/s1. The Bertz CT molecular complexity index is 768. The molecule has 134 valence electrons. The number of hydrogen-bond donors (Lipinski definition) is 2. The fraction of sp³-hybridized carbons (Fsp3) is 0.444. The molecular weight excluding hydrogens is 327 g/mol. The van der Waals surface area contributed by atoms with Crippen molar-refractivity contribution in [2.75, 3.05) is 19.7 Å². The van der Waals surface area contributed by atoms with Crippen LogP contribution in [0, 0.1) is 5.82 Å². The third-order valence-corrected chi connectivity index (χ3v) is 4.47. The molecule has 2 heterocycles. The second kappa shape index (κ2) is 7.65. The van der Waals surface area contributed by atoms with E-state index >= 15 is 0 Å². The number of ether oxygens (including phenoxy) is 1. The molecule has 2 aromatic rings. The van der Waals surface area contributed by atoms with Gasteiger partial charge >= 0.3 is 5.97 Å². The quantitative estimate of drug-likeness (QED) is 0.804. The van der Waals surface area contributed by atoms with Gasteiger partial charge in [0.15, 0.2) is 0 Å². The van der Waals surface area contributed by atoms with Gasteiger partial charge in [-0.2, -0.15) is 0 Å². The Kier molecular flexibility index (Phi) is 5.33. The molecule has 0 radical (unpaired) electrons. The highest BCUT2D eigenvalue weighted by Gasteiger charge is 2.23. The van der Waals surface area contributed by atoms with Crippen molar-refractivity contribution >= 4 is 22.8 Å². The molecule has 0 spiro atoms. The van der Waals surface area contributed by atoms with Crippen LogP contribution in [-0.4, -0.2) is 52.7 Å². The van der Waals surface area contributed by atoms with Crippen LogP contribution in [0.15, 0.2) is 24.4 Å². The van der Waals surface area contributed by atoms with Gasteiger partial charge in [-0.3, -0.25) is 9.59 Å². The van der Waals surface area contributed by atoms with Gasteiger partial charge in [-0.05, 0) is 36.6 Å². The van der Waals surface area contributed by atoms with Gasteiger partial charge in [0.1, 0.15) is 5.82 Å². The summed E-state index contributed by atoms with van der Waals surface area (Å²) in [4.78, 5) is 28.1. The molecule has 7 heteroatoms. The van der Waals surface area contributed by atoms with Crippen LogP contribution in [0.3, 0.4) is 0 Å². The van der Waals surface area contributed by atoms with E-state index in [2.05, 4.69) is 4.98 Å². The van der Waals surface area contributed by atoms with Gasteiger partial charge in [-0.1, -0.05) is 0 Å². The van der Waals surface area contributed by atoms with Gasteiger partial charge in [0.05, 0.1) is 18.9 Å². The number of halogens is 1. The molecule has 1 fully saturated rings. The number of aromatic nitrogens is 1. The molecule has 0 saturated carbocycles. The number of hydrogen-bond acceptors (Lipinski definition) is 3. The van der Waals surface area contributed by atoms with Crippen LogP contribution in [0.2, 0.25) is 0 Å². The average Bonchev–Trinajstić information content (AvgIpc) is 3.21. The molecule has 1 atom stereocenters. The predicted molar refractivity (Wildman–Crippen MR) is 89.8 cm³/mol. The Morgan fingerprint density at radius 3 is 2.96 bits per heavy atom. The first-order chi connectivity index (χ1) is 12.0. The van der Waals surface area contributed by atoms with Crippen LogP contribution in [0.5, 0.6) is 0 Å². The lowest BCUT2D eigenvalue weighted by atomic mass is 10.1. The molecule has 0 aliphatic carbocycles. The highest BCUT2D eigenvalue weighted by atomic mass is 19.1. The van der Waals surface area contributed by atoms with Crippen molar-refractivity contribution in [1.29, 1.82) is 0 Å². The van der Waals surface area contributed by atoms with E-state index in [9.17, 15) is 14.0 Å². The molecule has 0 bridgehead atoms. The molecule has 3 rings (SSSR count). The number of carbonyl (C=O) groups is 2. The Balaban J connectivity index is 1.72. The summed E-state index contributed by atoms with van der Waals surface area (Å²) in [5, 5.41) is 9.72. The first-order valence-corrected chi connectivity index (χ1v) is 8.39. The smallest absolute Gasteiger partial charge is 0.305 e. The van der Waals surface area contributed by atoms with Crippen molar-refractivity contribution in [3.8, 4) is 0 Å². The molecule has 1 aromatic heterocycles. The number of benzene rings is 1. The maximum atomic E-state index is 13.3. The fourth-order valence-electron chi connectivity index (χ4n) is 3.16. The van der Waals surface area contributed by atoms with Gasteiger partial charge in [-0.25, -0.2) is 4.39 Å². The van der Waals surface area contributed by atoms with E-state index in [4.69, 9.17) is 9.84 Å². The second-order valence-electron chi connectivity index (χ2n) is 6.30. The van der Waals surface area contributed by atoms with Gasteiger partial charge in [0.25, 0.3) is 0 Å². The van der Waals surface area contributed by atoms with Gasteiger partial charge < -0.3 is 19.7 Å². The normalized spacial score (nSPS) is 17.1. The van der Waals surface area contributed by atoms with Crippen molar-refractivity contribution < 1.29 is 23.8 Å². The molecular formula is C18H21FN2O4. The van der Waals surface area contributed by atoms with E-state index in [0.717, 1.165) is 23.8 Å². The summed E-state index contributed by atoms with van der Waals surface area (Å²) in [6, 6.07) is 4.39. The average molecular weight is 348 g/mol. The number of aromatic amines is 1. The number of rotatable bonds is 7. The number of H-pyrrole nitrogens is 1. The molecule has 1 aliphatic heterocycles. The fourth-order valence-corrected chi connectivity index (χ4v) is 3.16. The molecule has 1 aromatic carbocycles. The summed E-state index contributed by atoms with van der Waals surface area (Å²) in [5.41, 5.74) is 1.41. The van der Waals surface area contributed by atoms with E-state index in [-0.39, 0.29) is 37.2 Å². The first-order valence-electron chi connectivity index (χ1n) is 8.39. The largest absolute Gasteiger partial charge is 0.481 e. The summed E-state index contributed by atoms with van der Waals surface area (Å²) in [5.74, 6) is -1.43. The van der Waals surface area contributed by atoms with E-state index in [0.29, 0.717) is 18.7 Å². The summed E-state index contributed by atoms with van der Waals surface area (Å²) >= 11 is 0. The third-order valence-electron chi connectivity index (χ3n) is 4.47. The van der Waals surface area contributed by atoms with E-state index in [1.807, 2.05) is 0 Å². The molecule has 6 nitrogen and oxygen atoms in total. The second-order valence-corrected chi connectivity index (χ2v) is 6.30. The van der Waals surface area contributed by atoms with Gasteiger partial charge in [0.2, 0.25) is 5.91 Å². The number of carboxylic acid groups (broad SMARTS) is 1. The van der Waals surface area contributed by atoms with Crippen molar-refractivity contribution in [2.45, 2.75) is 31.8 Å². The van der Waals surface area contributed by atoms with E-state index in [1.165, 1.54) is 12.1 Å². The lowest BCUT2D eigenvalue weighted by Gasteiger charge is -2.25. The molecule has 2 N–H and O–H groups in total. The lowest BCUT2D eigenvalue weighted by Crippen LogP contribution is -2.39. The monoisotopic (exact) mass is 348 g/mol. The maximum Gasteiger partial charge on any atom is 0.305 e. The summed E-state index contributed by atoms with van der Waals surface area (Å²) < 4.78 is 18.8. The highest BCUT2D eigenvalue weighted by molar-refractivity contribution is 5.89. The molecule has 1 saturated heterocycles. The number of nitrogens with one attached hydrogen (secondary N) is 1. The summed E-state index contributed by atoms with van der Waals surface area (Å²) in [6.45, 7) is 1.24. The number of aliphatic carboxylic acids is 1. The number of amides is 1. The minimum Gasteiger partial charge on any atom is -0.481 e. The molecule has 25 heavy (non-hydrogen) atoms. The zero-order valence-corrected chi connectivity index (χ0v) is 13.8. The van der Waals surface area contributed by atoms with Crippen LogP contribution in [-0.2, 0) is 20.7 Å². The Morgan fingerprint density at radius 2 is 2.24 bits per heavy atom. The van der Waals surface area contributed by atoms with Crippen LogP contribution in [0.4, 0.5) is 4.39 Å². The van der Waals surface area contributed by atoms with Crippen LogP contribution in [0.25, 0.3) is 10.9 Å². The lowest BCUT2D eigenvalue weighted by molar-refractivity contribution is -0.139. The highest BCUT2D eigenvalue weighted by Crippen LogP contribution is 2.21. The van der Waals surface area contributed by atoms with Crippen molar-refractivity contribution in [1.82, 2.24) is 9.88 Å². The van der Waals surface area contributed by atoms with Crippen molar-refractivity contribution in [3.63, 3.8) is 0 Å². The predicted octanol–water partition coefficient (Wildman–Crippen LogP) is 2.33. The number of fused-ring (bicyclic) bond motifs is 1. The topological polar surface area (TPSA) is 82.6 Å². The van der Waals surface area contributed by atoms with E-state index in [1.54, 1.807) is 17.2 Å². The SMILES string of the molecule is O=C(O)CCN(C[C@H]1CCCO1)C(=O)Cc1c[nH]c2cc(F)ccc12. The molecule has 1 amide bonds. The number of carbonyl (C=O) groups excluding carboxylic acids is 1. The Morgan fingerprint density at radius 1 is 1.40 bits per heavy atom. The third kappa shape index (κ3) is 4.36. The molecule has 1 aliphatic rings. The van der Waals surface area contributed by atoms with E-state index < -0.39 is 5.97 Å². The maximum absolute atomic E-state index is 13.3. The Labute approximate surface area is 144 Å². The van der Waals surface area contributed by atoms with Crippen LogP contribution < -0.4 is 0 Å². The van der Waals surface area contributed by atoms with Gasteiger partial charge in [0, 0.05) is 36.8 Å². The van der Waals surface area contributed by atoms with Crippen molar-refractivity contribution in [2.24, 2.45) is 0 Å². The zero-order chi connectivity index (χ0) is 17.8. The van der Waals surface area contributed by atoms with Crippen LogP contribution in [0.1, 0.15) is 24.8 Å².